The Morgan fingerprint density at radius 1 is 0.237 bits per heavy atom. The largest absolute Gasteiger partial charge is 0.391 e. The van der Waals surface area contributed by atoms with Gasteiger partial charge in [-0.05, 0) is 427 Å². The van der Waals surface area contributed by atoms with Crippen LogP contribution in [0, 0.1) is 0 Å². The Bertz CT molecular complexity index is 1760. The molecule has 1 atom stereocenters. The summed E-state index contributed by atoms with van der Waals surface area (Å²) in [6.07, 6.45) is 44.4. The van der Waals surface area contributed by atoms with Crippen molar-refractivity contribution in [2.75, 3.05) is 0 Å². The summed E-state index contributed by atoms with van der Waals surface area (Å²) in [7, 11) is 0. The van der Waals surface area contributed by atoms with Gasteiger partial charge in [-0.15, -0.1) is 0 Å². The fraction of sp³-hybridized carbons (Fsp3) is 0.882. The van der Waals surface area contributed by atoms with Crippen LogP contribution in [0.15, 0.2) is 60.8 Å². The van der Waals surface area contributed by atoms with Gasteiger partial charge in [0.05, 0.1) is 84.0 Å². The molecule has 0 radical (unpaired) electrons. The van der Waals surface area contributed by atoms with Crippen molar-refractivity contribution in [2.24, 2.45) is 0 Å². The van der Waals surface area contributed by atoms with Crippen LogP contribution in [0.25, 0.3) is 0 Å². The summed E-state index contributed by atoms with van der Waals surface area (Å²) in [5.41, 5.74) is -6.43. The van der Waals surface area contributed by atoms with Crippen LogP contribution in [0.1, 0.15) is 449 Å². The van der Waals surface area contributed by atoms with E-state index in [1.54, 1.807) is 297 Å². The van der Waals surface area contributed by atoms with Crippen molar-refractivity contribution in [2.45, 2.75) is 540 Å². The van der Waals surface area contributed by atoms with Crippen molar-refractivity contribution in [3.05, 3.63) is 60.8 Å². The lowest BCUT2D eigenvalue weighted by Gasteiger charge is -2.22. The van der Waals surface area contributed by atoms with E-state index in [0.29, 0.717) is 0 Å². The third-order valence-corrected chi connectivity index (χ3v) is 8.40. The quantitative estimate of drug-likeness (QED) is 0.0693. The number of hydrogen-bond donors (Lipinski definition) is 14. The summed E-state index contributed by atoms with van der Waals surface area (Å²) in [6.45, 7) is 79.8. The summed E-state index contributed by atoms with van der Waals surface area (Å²) >= 11 is 0. The molecule has 0 heterocycles. The second-order valence-corrected chi connectivity index (χ2v) is 41.9. The minimum atomic E-state index is -0.500. The summed E-state index contributed by atoms with van der Waals surface area (Å²) in [6, 6.07) is 0. The van der Waals surface area contributed by atoms with Crippen molar-refractivity contribution in [1.29, 1.82) is 0 Å². The number of aliphatic hydroxyl groups is 6. The van der Waals surface area contributed by atoms with Gasteiger partial charge in [0.15, 0.2) is 5.78 Å². The van der Waals surface area contributed by atoms with Crippen molar-refractivity contribution in [1.82, 2.24) is 0 Å². The molecule has 25 nitrogen and oxygen atoms in total. The van der Waals surface area contributed by atoms with E-state index in [-0.39, 0.29) is 39.8 Å². The van der Waals surface area contributed by atoms with E-state index in [1.807, 2.05) is 26.8 Å². The molecule has 5 rings (SSSR count). The molecule has 14 N–H and O–H groups in total. The number of rotatable bonds is 2. The van der Waals surface area contributed by atoms with Gasteiger partial charge in [0.1, 0.15) is 6.10 Å². The molecule has 0 amide bonds. The molecule has 5 aliphatic carbocycles. The maximum atomic E-state index is 10.4. The van der Waals surface area contributed by atoms with Gasteiger partial charge in [-0.25, -0.2) is 48.9 Å². The average molecular weight is 1730 g/mol. The minimum absolute atomic E-state index is 0. The number of carbonyl (C=O) groups excluding carboxylic acids is 1. The predicted molar refractivity (Wildman–Crippen MR) is 499 cm³/mol. The van der Waals surface area contributed by atoms with Gasteiger partial charge in [-0.3, -0.25) is 46.9 Å². The van der Waals surface area contributed by atoms with Gasteiger partial charge in [0, 0.05) is 6.42 Å². The van der Waals surface area contributed by atoms with Gasteiger partial charge >= 0.3 is 0 Å². The second kappa shape index (κ2) is 85.2. The first-order valence-electron chi connectivity index (χ1n) is 40.6. The second-order valence-electron chi connectivity index (χ2n) is 41.9. The van der Waals surface area contributed by atoms with E-state index in [9.17, 15) is 4.79 Å². The molecule has 0 fully saturated rings. The predicted octanol–water partition coefficient (Wildman–Crippen LogP) is 27.3. The molecule has 0 saturated heterocycles. The van der Waals surface area contributed by atoms with Crippen LogP contribution in [-0.4, -0.2) is 169 Å². The molecule has 0 aromatic rings. The molecule has 5 aliphatic rings. The van der Waals surface area contributed by atoms with Crippen LogP contribution in [0.3, 0.4) is 0 Å². The molecule has 0 spiro atoms. The van der Waals surface area contributed by atoms with E-state index in [0.717, 1.165) is 25.7 Å². The minimum Gasteiger partial charge on any atom is -0.391 e. The van der Waals surface area contributed by atoms with E-state index >= 15 is 0 Å². The maximum Gasteiger partial charge on any atom is 0.155 e. The fourth-order valence-corrected chi connectivity index (χ4v) is 4.04. The zero-order valence-corrected chi connectivity index (χ0v) is 82.8. The summed E-state index contributed by atoms with van der Waals surface area (Å²) in [5, 5.41) is 114. The van der Waals surface area contributed by atoms with Crippen molar-refractivity contribution >= 4 is 5.78 Å². The molecule has 118 heavy (non-hydrogen) atoms. The van der Waals surface area contributed by atoms with Crippen molar-refractivity contribution < 1.29 is 126 Å². The number of ketones is 1. The Morgan fingerprint density at radius 3 is 0.458 bits per heavy atom. The van der Waals surface area contributed by atoms with Crippen molar-refractivity contribution in [3.8, 4) is 0 Å². The normalized spacial score (nSPS) is 14.9. The molecule has 0 aliphatic heterocycles. The molecular formula is C93H208O25. The summed E-state index contributed by atoms with van der Waals surface area (Å²) in [4.78, 5) is 52.4. The third-order valence-electron chi connectivity index (χ3n) is 8.40. The van der Waals surface area contributed by atoms with Crippen LogP contribution < -0.4 is 0 Å². The Morgan fingerprint density at radius 2 is 0.381 bits per heavy atom. The molecule has 0 saturated carbocycles. The van der Waals surface area contributed by atoms with E-state index in [1.165, 1.54) is 89.9 Å². The van der Waals surface area contributed by atoms with Gasteiger partial charge in [0.25, 0.3) is 0 Å². The van der Waals surface area contributed by atoms with Gasteiger partial charge < -0.3 is 30.6 Å². The molecule has 0 bridgehead atoms. The molecule has 0 aromatic carbocycles. The van der Waals surface area contributed by atoms with Crippen LogP contribution in [0.5, 0.6) is 0 Å². The highest BCUT2D eigenvalue weighted by molar-refractivity contribution is 5.90. The van der Waals surface area contributed by atoms with E-state index in [4.69, 9.17) is 82.5 Å². The Kier molecular flexibility index (Phi) is 113. The zero-order chi connectivity index (χ0) is 95.5. The highest BCUT2D eigenvalue weighted by Gasteiger charge is 2.17. The van der Waals surface area contributed by atoms with E-state index < -0.39 is 78.4 Å². The molecule has 1 unspecified atom stereocenters. The van der Waals surface area contributed by atoms with Crippen molar-refractivity contribution in [3.63, 3.8) is 0 Å². The topological polar surface area (TPSA) is 393 Å². The van der Waals surface area contributed by atoms with Crippen LogP contribution >= 0.6 is 0 Å². The fourth-order valence-electron chi connectivity index (χ4n) is 4.04. The van der Waals surface area contributed by atoms with Crippen LogP contribution in [0.4, 0.5) is 0 Å². The number of allylic oxidation sites excluding steroid dienone is 9. The highest BCUT2D eigenvalue weighted by Crippen LogP contribution is 2.18. The molecule has 25 heteroatoms. The first-order chi connectivity index (χ1) is 50.5. The van der Waals surface area contributed by atoms with Gasteiger partial charge in [0.2, 0.25) is 0 Å². The van der Waals surface area contributed by atoms with Gasteiger partial charge in [-0.1, -0.05) is 77.0 Å². The lowest BCUT2D eigenvalue weighted by Crippen LogP contribution is -2.24. The smallest absolute Gasteiger partial charge is 0.155 e. The van der Waals surface area contributed by atoms with Crippen LogP contribution in [0.2, 0.25) is 0 Å². The molecule has 730 valence electrons. The summed E-state index contributed by atoms with van der Waals surface area (Å²) in [5.74, 6) is 0.284. The number of carbonyl (C=O) groups is 1. The third kappa shape index (κ3) is 380. The lowest BCUT2D eigenvalue weighted by molar-refractivity contribution is -0.365. The first kappa shape index (κ1) is 156. The molecular weight excluding hydrogens is 1520 g/mol. The Labute approximate surface area is 729 Å². The Balaban J connectivity index is -0.0000000610. The average Bonchev–Trinajstić information content (AvgIpc) is 0.928. The maximum absolute atomic E-state index is 10.4. The van der Waals surface area contributed by atoms with E-state index in [2.05, 4.69) is 87.7 Å². The highest BCUT2D eigenvalue weighted by atomic mass is 17.2. The zero-order valence-electron chi connectivity index (χ0n) is 82.8. The van der Waals surface area contributed by atoms with Crippen LogP contribution in [-0.2, 0) is 53.7 Å². The monoisotopic (exact) mass is 1730 g/mol. The first-order valence-corrected chi connectivity index (χ1v) is 40.6. The summed E-state index contributed by atoms with van der Waals surface area (Å²) < 4.78 is 0. The lowest BCUT2D eigenvalue weighted by atomic mass is 10.1. The Hall–Kier alpha value is -2.59. The number of hydrogen-bond acceptors (Lipinski definition) is 25. The van der Waals surface area contributed by atoms with Gasteiger partial charge in [-0.2, -0.15) is 0 Å². The SMILES string of the molecule is C.C.C.C1=CCCCC1.C1=CCCCC1.C1=CCCCC1.CC(C)(C)O.CC(C)(C)O.CC(C)(C)O.CC(C)(C)O.CC(C)(C)O.CC(C)(C)O.CC(C)(C)OO.CC(C)(C)OO.CC(C)(C)OO.CC(C)(C)OO.CC(C)(C)OO.CC(C)(C)OO.CC(C)(C)OO.CC(C)(C)OO.CC(C)(C)OOC1C=CCCC1.O=C1C=CCCC1. The standard InChI is InChI=1S/C10H18O2.C6H8O.3C6H10.8C4H10O2.6C4H10O.3CH4/c1-10(2,3)12-11-9-7-5-4-6-8-9;7-6-4-2-1-3-5-6;3*1-2-4-6-5-3-1;8*1-4(2,3)6-5;6*1-4(2,3)5;;;/h5,7,9H,4,6,8H2,1-3H3;2,4H,1,3,5H2;3*1-2H,3-6H2;8*5H,1-3H3;6*5H,1-3H3;3*1H4. The molecule has 0 aromatic heterocycles.